The molecular formula is C14H28N2O. The third-order valence-corrected chi connectivity index (χ3v) is 4.53. The number of hydrogen-bond acceptors (Lipinski definition) is 3. The van der Waals surface area contributed by atoms with Crippen LogP contribution >= 0.6 is 0 Å². The summed E-state index contributed by atoms with van der Waals surface area (Å²) in [7, 11) is 1.76. The van der Waals surface area contributed by atoms with Crippen LogP contribution in [0.25, 0.3) is 0 Å². The molecule has 2 rings (SSSR count). The maximum atomic E-state index is 5.06. The fourth-order valence-corrected chi connectivity index (χ4v) is 3.64. The van der Waals surface area contributed by atoms with Crippen molar-refractivity contribution in [1.29, 1.82) is 0 Å². The lowest BCUT2D eigenvalue weighted by Crippen LogP contribution is -2.50. The second-order valence-electron chi connectivity index (χ2n) is 5.68. The first kappa shape index (κ1) is 13.3. The molecule has 17 heavy (non-hydrogen) atoms. The lowest BCUT2D eigenvalue weighted by atomic mass is 9.91. The zero-order valence-electron chi connectivity index (χ0n) is 11.5. The number of methoxy groups -OCH3 is 1. The van der Waals surface area contributed by atoms with E-state index in [1.54, 1.807) is 7.11 Å². The summed E-state index contributed by atoms with van der Waals surface area (Å²) in [5.74, 6) is 1.00. The summed E-state index contributed by atoms with van der Waals surface area (Å²) >= 11 is 0. The third-order valence-electron chi connectivity index (χ3n) is 4.53. The van der Waals surface area contributed by atoms with Crippen LogP contribution in [0.1, 0.15) is 39.0 Å². The molecule has 100 valence electrons. The van der Waals surface area contributed by atoms with Gasteiger partial charge in [0.1, 0.15) is 0 Å². The predicted molar refractivity (Wildman–Crippen MR) is 71.3 cm³/mol. The number of nitrogens with zero attached hydrogens (tertiary/aromatic N) is 1. The molecule has 3 nitrogen and oxygen atoms in total. The number of hydrogen-bond donors (Lipinski definition) is 1. The van der Waals surface area contributed by atoms with Gasteiger partial charge in [-0.25, -0.2) is 0 Å². The Balaban J connectivity index is 1.75. The number of ether oxygens (including phenoxy) is 1. The molecule has 1 aliphatic carbocycles. The van der Waals surface area contributed by atoms with E-state index in [0.29, 0.717) is 6.04 Å². The van der Waals surface area contributed by atoms with Crippen LogP contribution in [0.5, 0.6) is 0 Å². The van der Waals surface area contributed by atoms with E-state index in [1.165, 1.54) is 38.6 Å². The Bertz CT molecular complexity index is 222. The van der Waals surface area contributed by atoms with Crippen LogP contribution < -0.4 is 5.32 Å². The van der Waals surface area contributed by atoms with Gasteiger partial charge in [-0.2, -0.15) is 0 Å². The number of fused-ring (bicyclic) bond motifs is 1. The molecule has 0 aromatic carbocycles. The van der Waals surface area contributed by atoms with E-state index in [-0.39, 0.29) is 0 Å². The molecule has 0 spiro atoms. The van der Waals surface area contributed by atoms with E-state index >= 15 is 0 Å². The Morgan fingerprint density at radius 2 is 2.12 bits per heavy atom. The molecule has 0 aromatic heterocycles. The average molecular weight is 240 g/mol. The lowest BCUT2D eigenvalue weighted by molar-refractivity contribution is 0.0734. The van der Waals surface area contributed by atoms with E-state index in [4.69, 9.17) is 4.74 Å². The standard InChI is InChI=1S/C14H28N2O/c1-12(11-15-8-10-17-2)16-9-4-6-13-5-3-7-14(13)16/h12-15H,3-11H2,1-2H3. The smallest absolute Gasteiger partial charge is 0.0587 e. The molecule has 2 fully saturated rings. The van der Waals surface area contributed by atoms with Crippen molar-refractivity contribution in [2.45, 2.75) is 51.1 Å². The SMILES string of the molecule is COCCNCC(C)N1CCCC2CCCC21. The Labute approximate surface area is 106 Å². The van der Waals surface area contributed by atoms with Crippen molar-refractivity contribution in [2.24, 2.45) is 5.92 Å². The third kappa shape index (κ3) is 3.43. The van der Waals surface area contributed by atoms with Gasteiger partial charge < -0.3 is 10.1 Å². The summed E-state index contributed by atoms with van der Waals surface area (Å²) in [6, 6.07) is 1.57. The molecule has 0 amide bonds. The molecule has 0 bridgehead atoms. The van der Waals surface area contributed by atoms with Gasteiger partial charge in [0, 0.05) is 32.3 Å². The molecule has 0 radical (unpaired) electrons. The molecule has 1 heterocycles. The first-order valence-corrected chi connectivity index (χ1v) is 7.28. The molecule has 3 heteroatoms. The van der Waals surface area contributed by atoms with Crippen molar-refractivity contribution in [2.75, 3.05) is 33.4 Å². The van der Waals surface area contributed by atoms with Crippen LogP contribution in [0.3, 0.4) is 0 Å². The fourth-order valence-electron chi connectivity index (χ4n) is 3.64. The number of nitrogens with one attached hydrogen (secondary N) is 1. The van der Waals surface area contributed by atoms with Gasteiger partial charge in [-0.05, 0) is 45.1 Å². The molecule has 1 N–H and O–H groups in total. The van der Waals surface area contributed by atoms with Crippen LogP contribution in [-0.4, -0.2) is 50.3 Å². The van der Waals surface area contributed by atoms with E-state index in [2.05, 4.69) is 17.1 Å². The van der Waals surface area contributed by atoms with Crippen LogP contribution in [0.2, 0.25) is 0 Å². The minimum atomic E-state index is 0.678. The maximum Gasteiger partial charge on any atom is 0.0587 e. The van der Waals surface area contributed by atoms with E-state index < -0.39 is 0 Å². The van der Waals surface area contributed by atoms with Crippen molar-refractivity contribution >= 4 is 0 Å². The summed E-state index contributed by atoms with van der Waals surface area (Å²) in [4.78, 5) is 2.76. The van der Waals surface area contributed by atoms with Gasteiger partial charge in [-0.3, -0.25) is 4.90 Å². The van der Waals surface area contributed by atoms with E-state index in [9.17, 15) is 0 Å². The Morgan fingerprint density at radius 3 is 2.94 bits per heavy atom. The van der Waals surface area contributed by atoms with Crippen molar-refractivity contribution in [3.63, 3.8) is 0 Å². The van der Waals surface area contributed by atoms with Crippen molar-refractivity contribution in [1.82, 2.24) is 10.2 Å². The highest BCUT2D eigenvalue weighted by atomic mass is 16.5. The maximum absolute atomic E-state index is 5.06. The van der Waals surface area contributed by atoms with Crippen LogP contribution in [0.15, 0.2) is 0 Å². The average Bonchev–Trinajstić information content (AvgIpc) is 2.82. The number of likely N-dealkylation sites (tertiary alicyclic amines) is 1. The number of rotatable bonds is 6. The zero-order valence-corrected chi connectivity index (χ0v) is 11.5. The van der Waals surface area contributed by atoms with Gasteiger partial charge in [0.05, 0.1) is 6.61 Å². The summed E-state index contributed by atoms with van der Waals surface area (Å²) in [6.07, 6.45) is 7.25. The second-order valence-corrected chi connectivity index (χ2v) is 5.68. The monoisotopic (exact) mass is 240 g/mol. The largest absolute Gasteiger partial charge is 0.383 e. The summed E-state index contributed by atoms with van der Waals surface area (Å²) < 4.78 is 5.06. The molecular weight excluding hydrogens is 212 g/mol. The fraction of sp³-hybridized carbons (Fsp3) is 1.00. The minimum absolute atomic E-state index is 0.678. The van der Waals surface area contributed by atoms with Gasteiger partial charge in [-0.15, -0.1) is 0 Å². The highest BCUT2D eigenvalue weighted by Gasteiger charge is 2.36. The van der Waals surface area contributed by atoms with Gasteiger partial charge in [0.15, 0.2) is 0 Å². The molecule has 3 atom stereocenters. The van der Waals surface area contributed by atoms with E-state index in [1.807, 2.05) is 0 Å². The van der Waals surface area contributed by atoms with Crippen LogP contribution in [0.4, 0.5) is 0 Å². The highest BCUT2D eigenvalue weighted by molar-refractivity contribution is 4.91. The predicted octanol–water partition coefficient (Wildman–Crippen LogP) is 1.88. The zero-order chi connectivity index (χ0) is 12.1. The Morgan fingerprint density at radius 1 is 1.29 bits per heavy atom. The van der Waals surface area contributed by atoms with E-state index in [0.717, 1.165) is 31.7 Å². The van der Waals surface area contributed by atoms with Gasteiger partial charge in [0.2, 0.25) is 0 Å². The summed E-state index contributed by atoms with van der Waals surface area (Å²) in [5.41, 5.74) is 0. The molecule has 2 aliphatic rings. The first-order chi connectivity index (χ1) is 8.33. The summed E-state index contributed by atoms with van der Waals surface area (Å²) in [6.45, 7) is 6.59. The minimum Gasteiger partial charge on any atom is -0.383 e. The highest BCUT2D eigenvalue weighted by Crippen LogP contribution is 2.37. The van der Waals surface area contributed by atoms with Crippen molar-refractivity contribution in [3.05, 3.63) is 0 Å². The molecule has 1 saturated heterocycles. The Kier molecular flexibility index (Phi) is 5.26. The lowest BCUT2D eigenvalue weighted by Gasteiger charge is -2.41. The number of piperidine rings is 1. The molecule has 3 unspecified atom stereocenters. The normalized spacial score (nSPS) is 31.4. The second kappa shape index (κ2) is 6.72. The van der Waals surface area contributed by atoms with Crippen molar-refractivity contribution in [3.8, 4) is 0 Å². The molecule has 1 saturated carbocycles. The summed E-state index contributed by atoms with van der Waals surface area (Å²) in [5, 5.41) is 3.50. The van der Waals surface area contributed by atoms with Gasteiger partial charge in [-0.1, -0.05) is 6.42 Å². The van der Waals surface area contributed by atoms with Crippen LogP contribution in [-0.2, 0) is 4.74 Å². The van der Waals surface area contributed by atoms with Crippen molar-refractivity contribution < 1.29 is 4.74 Å². The molecule has 1 aliphatic heterocycles. The van der Waals surface area contributed by atoms with Crippen LogP contribution in [0, 0.1) is 5.92 Å². The molecule has 0 aromatic rings. The Hall–Kier alpha value is -0.120. The van der Waals surface area contributed by atoms with Gasteiger partial charge in [0.25, 0.3) is 0 Å². The van der Waals surface area contributed by atoms with Gasteiger partial charge >= 0.3 is 0 Å². The topological polar surface area (TPSA) is 24.5 Å². The first-order valence-electron chi connectivity index (χ1n) is 7.28. The quantitative estimate of drug-likeness (QED) is 0.717.